The van der Waals surface area contributed by atoms with Crippen LogP contribution in [0, 0.1) is 6.92 Å². The molecule has 0 unspecified atom stereocenters. The molecule has 3 aromatic rings. The van der Waals surface area contributed by atoms with E-state index in [2.05, 4.69) is 9.88 Å². The lowest BCUT2D eigenvalue weighted by atomic mass is 10.2. The van der Waals surface area contributed by atoms with Crippen molar-refractivity contribution >= 4 is 40.4 Å². The third-order valence-electron chi connectivity index (χ3n) is 4.88. The van der Waals surface area contributed by atoms with Crippen LogP contribution in [-0.2, 0) is 4.79 Å². The normalized spacial score (nSPS) is 14.8. The summed E-state index contributed by atoms with van der Waals surface area (Å²) in [6.45, 7) is 4.79. The highest BCUT2D eigenvalue weighted by Crippen LogP contribution is 2.21. The molecule has 1 amide bonds. The van der Waals surface area contributed by atoms with Crippen molar-refractivity contribution in [2.45, 2.75) is 6.92 Å². The minimum Gasteiger partial charge on any atom is -0.352 e. The second kappa shape index (κ2) is 7.98. The number of carbonyl (C=O) groups excluding carboxylic acids is 1. The third kappa shape index (κ3) is 3.99. The number of amides is 1. The molecule has 2 heterocycles. The van der Waals surface area contributed by atoms with Gasteiger partial charge in [0.05, 0.1) is 16.7 Å². The van der Waals surface area contributed by atoms with Gasteiger partial charge >= 0.3 is 0 Å². The Kier molecular flexibility index (Phi) is 5.26. The van der Waals surface area contributed by atoms with E-state index in [1.54, 1.807) is 12.2 Å². The highest BCUT2D eigenvalue weighted by atomic mass is 35.5. The maximum atomic E-state index is 12.5. The van der Waals surface area contributed by atoms with Crippen LogP contribution in [0.1, 0.15) is 11.3 Å². The summed E-state index contributed by atoms with van der Waals surface area (Å²) in [7, 11) is 0. The van der Waals surface area contributed by atoms with Gasteiger partial charge in [-0.2, -0.15) is 0 Å². The number of hydrogen-bond acceptors (Lipinski definition) is 4. The van der Waals surface area contributed by atoms with Crippen molar-refractivity contribution in [2.75, 3.05) is 31.1 Å². The fourth-order valence-corrected chi connectivity index (χ4v) is 3.60. The Morgan fingerprint density at radius 3 is 2.43 bits per heavy atom. The van der Waals surface area contributed by atoms with Crippen LogP contribution < -0.4 is 4.90 Å². The number of aromatic nitrogens is 2. The first-order valence-electron chi connectivity index (χ1n) is 9.31. The molecule has 5 nitrogen and oxygen atoms in total. The SMILES string of the molecule is Cc1nc2ccccc2nc1N1CCN(C(=O)/C=C/c2cccc(Cl)c2)CC1. The Bertz CT molecular complexity index is 1040. The molecule has 0 bridgehead atoms. The van der Waals surface area contributed by atoms with Gasteiger partial charge in [-0.1, -0.05) is 35.9 Å². The minimum absolute atomic E-state index is 0.0148. The molecule has 142 valence electrons. The highest BCUT2D eigenvalue weighted by Gasteiger charge is 2.22. The van der Waals surface area contributed by atoms with Crippen LogP contribution in [-0.4, -0.2) is 47.0 Å². The van der Waals surface area contributed by atoms with E-state index >= 15 is 0 Å². The monoisotopic (exact) mass is 392 g/mol. The number of para-hydroxylation sites is 2. The van der Waals surface area contributed by atoms with Gasteiger partial charge in [-0.3, -0.25) is 4.79 Å². The Morgan fingerprint density at radius 1 is 1.00 bits per heavy atom. The van der Waals surface area contributed by atoms with Crippen LogP contribution in [0.5, 0.6) is 0 Å². The number of hydrogen-bond donors (Lipinski definition) is 0. The van der Waals surface area contributed by atoms with Gasteiger partial charge in [-0.15, -0.1) is 0 Å². The van der Waals surface area contributed by atoms with Crippen LogP contribution in [0.3, 0.4) is 0 Å². The third-order valence-corrected chi connectivity index (χ3v) is 5.11. The van der Waals surface area contributed by atoms with Gasteiger partial charge < -0.3 is 9.80 Å². The molecule has 6 heteroatoms. The molecule has 0 N–H and O–H groups in total. The van der Waals surface area contributed by atoms with Gasteiger partial charge in [0.2, 0.25) is 5.91 Å². The summed E-state index contributed by atoms with van der Waals surface area (Å²) in [6, 6.07) is 15.3. The summed E-state index contributed by atoms with van der Waals surface area (Å²) in [5.74, 6) is 0.918. The summed E-state index contributed by atoms with van der Waals surface area (Å²) in [5.41, 5.74) is 3.63. The Labute approximate surface area is 169 Å². The molecule has 4 rings (SSSR count). The maximum Gasteiger partial charge on any atom is 0.246 e. The zero-order chi connectivity index (χ0) is 19.5. The van der Waals surface area contributed by atoms with E-state index in [-0.39, 0.29) is 5.91 Å². The molecule has 2 aromatic carbocycles. The second-order valence-electron chi connectivity index (χ2n) is 6.82. The molecular formula is C22H21ClN4O. The topological polar surface area (TPSA) is 49.3 Å². The number of anilines is 1. The van der Waals surface area contributed by atoms with E-state index in [4.69, 9.17) is 16.6 Å². The summed E-state index contributed by atoms with van der Waals surface area (Å²) in [4.78, 5) is 26.0. The van der Waals surface area contributed by atoms with E-state index in [0.29, 0.717) is 18.1 Å². The molecule has 0 spiro atoms. The summed E-state index contributed by atoms with van der Waals surface area (Å²) in [5, 5.41) is 0.662. The highest BCUT2D eigenvalue weighted by molar-refractivity contribution is 6.30. The number of halogens is 1. The fourth-order valence-electron chi connectivity index (χ4n) is 3.40. The lowest BCUT2D eigenvalue weighted by molar-refractivity contribution is -0.126. The molecule has 1 fully saturated rings. The Hall–Kier alpha value is -2.92. The molecule has 0 saturated carbocycles. The van der Waals surface area contributed by atoms with Crippen LogP contribution in [0.25, 0.3) is 17.1 Å². The molecule has 1 aromatic heterocycles. The van der Waals surface area contributed by atoms with Crippen molar-refractivity contribution in [1.29, 1.82) is 0 Å². The largest absolute Gasteiger partial charge is 0.352 e. The smallest absolute Gasteiger partial charge is 0.246 e. The van der Waals surface area contributed by atoms with Gasteiger partial charge in [0.1, 0.15) is 0 Å². The number of fused-ring (bicyclic) bond motifs is 1. The van der Waals surface area contributed by atoms with Gasteiger partial charge in [0.15, 0.2) is 5.82 Å². The zero-order valence-electron chi connectivity index (χ0n) is 15.7. The average Bonchev–Trinajstić information content (AvgIpc) is 2.72. The molecule has 0 atom stereocenters. The minimum atomic E-state index is 0.0148. The van der Waals surface area contributed by atoms with Crippen LogP contribution in [0.15, 0.2) is 54.6 Å². The van der Waals surface area contributed by atoms with Gasteiger partial charge in [-0.25, -0.2) is 9.97 Å². The van der Waals surface area contributed by atoms with Crippen molar-refractivity contribution in [3.63, 3.8) is 0 Å². The fraction of sp³-hybridized carbons (Fsp3) is 0.227. The van der Waals surface area contributed by atoms with Gasteiger partial charge in [0, 0.05) is 37.3 Å². The van der Waals surface area contributed by atoms with E-state index in [1.807, 2.05) is 60.4 Å². The Balaban J connectivity index is 1.42. The average molecular weight is 393 g/mol. The number of rotatable bonds is 3. The molecule has 1 saturated heterocycles. The van der Waals surface area contributed by atoms with Crippen molar-refractivity contribution in [1.82, 2.24) is 14.9 Å². The first-order valence-corrected chi connectivity index (χ1v) is 9.69. The lowest BCUT2D eigenvalue weighted by Crippen LogP contribution is -2.48. The number of aryl methyl sites for hydroxylation is 1. The van der Waals surface area contributed by atoms with E-state index in [1.165, 1.54) is 0 Å². The van der Waals surface area contributed by atoms with Crippen molar-refractivity contribution in [2.24, 2.45) is 0 Å². The summed E-state index contributed by atoms with van der Waals surface area (Å²) < 4.78 is 0. The van der Waals surface area contributed by atoms with Crippen molar-refractivity contribution < 1.29 is 4.79 Å². The number of benzene rings is 2. The number of piperazine rings is 1. The van der Waals surface area contributed by atoms with Gasteiger partial charge in [0.25, 0.3) is 0 Å². The quantitative estimate of drug-likeness (QED) is 0.633. The number of nitrogens with zero attached hydrogens (tertiary/aromatic N) is 4. The predicted molar refractivity (Wildman–Crippen MR) is 114 cm³/mol. The van der Waals surface area contributed by atoms with Crippen molar-refractivity contribution in [3.8, 4) is 0 Å². The van der Waals surface area contributed by atoms with E-state index < -0.39 is 0 Å². The molecule has 0 radical (unpaired) electrons. The van der Waals surface area contributed by atoms with Crippen LogP contribution >= 0.6 is 11.6 Å². The van der Waals surface area contributed by atoms with E-state index in [9.17, 15) is 4.79 Å². The van der Waals surface area contributed by atoms with Crippen molar-refractivity contribution in [3.05, 3.63) is 70.9 Å². The van der Waals surface area contributed by atoms with Crippen LogP contribution in [0.2, 0.25) is 5.02 Å². The molecule has 0 aliphatic carbocycles. The van der Waals surface area contributed by atoms with Crippen LogP contribution in [0.4, 0.5) is 5.82 Å². The summed E-state index contributed by atoms with van der Waals surface area (Å²) >= 11 is 5.99. The predicted octanol–water partition coefficient (Wildman–Crippen LogP) is 3.95. The summed E-state index contributed by atoms with van der Waals surface area (Å²) in [6.07, 6.45) is 3.42. The molecule has 1 aliphatic rings. The second-order valence-corrected chi connectivity index (χ2v) is 7.26. The molecule has 1 aliphatic heterocycles. The Morgan fingerprint density at radius 2 is 1.71 bits per heavy atom. The first kappa shape index (κ1) is 18.4. The first-order chi connectivity index (χ1) is 13.6. The zero-order valence-corrected chi connectivity index (χ0v) is 16.4. The molecular weight excluding hydrogens is 372 g/mol. The van der Waals surface area contributed by atoms with E-state index in [0.717, 1.165) is 41.2 Å². The standard InChI is InChI=1S/C22H21ClN4O/c1-16-22(25-20-8-3-2-7-19(20)24-16)27-13-11-26(12-14-27)21(28)10-9-17-5-4-6-18(23)15-17/h2-10,15H,11-14H2,1H3/b10-9+. The van der Waals surface area contributed by atoms with Gasteiger partial charge in [-0.05, 0) is 42.8 Å². The molecule has 28 heavy (non-hydrogen) atoms. The lowest BCUT2D eigenvalue weighted by Gasteiger charge is -2.35. The number of carbonyl (C=O) groups is 1. The maximum absolute atomic E-state index is 12.5.